The summed E-state index contributed by atoms with van der Waals surface area (Å²) in [5.41, 5.74) is 1.78. The van der Waals surface area contributed by atoms with Gasteiger partial charge in [-0.05, 0) is 70.1 Å². The highest BCUT2D eigenvalue weighted by Gasteiger charge is 2.40. The number of ether oxygens (including phenoxy) is 2. The van der Waals surface area contributed by atoms with Crippen molar-refractivity contribution >= 4 is 11.9 Å². The van der Waals surface area contributed by atoms with Gasteiger partial charge in [-0.15, -0.1) is 0 Å². The van der Waals surface area contributed by atoms with Gasteiger partial charge >= 0.3 is 0 Å². The van der Waals surface area contributed by atoms with Gasteiger partial charge in [0.1, 0.15) is 5.82 Å². The Morgan fingerprint density at radius 3 is 2.58 bits per heavy atom. The van der Waals surface area contributed by atoms with Crippen molar-refractivity contribution < 1.29 is 18.7 Å². The van der Waals surface area contributed by atoms with E-state index < -0.39 is 11.7 Å². The van der Waals surface area contributed by atoms with Gasteiger partial charge in [-0.3, -0.25) is 4.79 Å². The van der Waals surface area contributed by atoms with Crippen LogP contribution >= 0.6 is 0 Å². The first-order chi connectivity index (χ1) is 18.3. The fraction of sp³-hybridized carbons (Fsp3) is 0.481. The van der Waals surface area contributed by atoms with E-state index in [2.05, 4.69) is 25.6 Å². The predicted molar refractivity (Wildman–Crippen MR) is 141 cm³/mol. The molecule has 202 valence electrons. The molecule has 10 nitrogen and oxygen atoms in total. The molecule has 0 radical (unpaired) electrons. The number of H-pyrrole nitrogens is 1. The highest BCUT2D eigenvalue weighted by Crippen LogP contribution is 2.36. The summed E-state index contributed by atoms with van der Waals surface area (Å²) in [6, 6.07) is 7.92. The van der Waals surface area contributed by atoms with Crippen molar-refractivity contribution in [2.24, 2.45) is 11.3 Å². The molecule has 11 heteroatoms. The number of amides is 1. The average Bonchev–Trinajstić information content (AvgIpc) is 3.64. The highest BCUT2D eigenvalue weighted by molar-refractivity contribution is 5.82. The Bertz CT molecular complexity index is 1250. The van der Waals surface area contributed by atoms with Crippen LogP contribution in [0.5, 0.6) is 0 Å². The smallest absolute Gasteiger partial charge is 0.230 e. The van der Waals surface area contributed by atoms with Crippen LogP contribution in [0.3, 0.4) is 0 Å². The Labute approximate surface area is 221 Å². The third kappa shape index (κ3) is 6.17. The summed E-state index contributed by atoms with van der Waals surface area (Å²) in [4.78, 5) is 31.9. The number of aromatic nitrogens is 4. The van der Waals surface area contributed by atoms with E-state index in [1.165, 1.54) is 25.0 Å². The number of likely N-dealkylation sites (N-methyl/N-ethyl adjacent to an activating group) is 1. The number of benzene rings is 1. The molecule has 1 saturated carbocycles. The minimum Gasteiger partial charge on any atom is -0.354 e. The third-order valence-electron chi connectivity index (χ3n) is 6.72. The minimum absolute atomic E-state index is 0.114. The minimum atomic E-state index is -0.813. The molecule has 0 unspecified atom stereocenters. The summed E-state index contributed by atoms with van der Waals surface area (Å²) < 4.78 is 25.6. The van der Waals surface area contributed by atoms with Crippen LogP contribution in [0.1, 0.15) is 31.9 Å². The molecular weight excluding hydrogens is 489 g/mol. The van der Waals surface area contributed by atoms with E-state index in [0.29, 0.717) is 41.3 Å². The molecule has 0 atom stereocenters. The van der Waals surface area contributed by atoms with Crippen molar-refractivity contribution in [3.05, 3.63) is 48.2 Å². The van der Waals surface area contributed by atoms with Gasteiger partial charge in [-0.25, -0.2) is 19.3 Å². The van der Waals surface area contributed by atoms with Gasteiger partial charge in [0, 0.05) is 31.4 Å². The Morgan fingerprint density at radius 2 is 1.89 bits per heavy atom. The van der Waals surface area contributed by atoms with Crippen molar-refractivity contribution in [2.45, 2.75) is 26.1 Å². The van der Waals surface area contributed by atoms with Crippen LogP contribution in [0.2, 0.25) is 0 Å². The normalized spacial score (nSPS) is 21.4. The van der Waals surface area contributed by atoms with Crippen LogP contribution < -0.4 is 10.6 Å². The fourth-order valence-corrected chi connectivity index (χ4v) is 4.15. The van der Waals surface area contributed by atoms with E-state index in [4.69, 9.17) is 14.5 Å². The molecule has 2 aromatic heterocycles. The highest BCUT2D eigenvalue weighted by atomic mass is 19.1. The number of imidazole rings is 1. The van der Waals surface area contributed by atoms with E-state index in [-0.39, 0.29) is 24.9 Å². The maximum atomic E-state index is 13.7. The van der Waals surface area contributed by atoms with E-state index in [9.17, 15) is 9.18 Å². The molecule has 3 heterocycles. The molecule has 1 aromatic carbocycles. The second kappa shape index (κ2) is 11.1. The lowest BCUT2D eigenvalue weighted by Gasteiger charge is -2.35. The predicted octanol–water partition coefficient (Wildman–Crippen LogP) is 3.22. The zero-order valence-electron chi connectivity index (χ0n) is 22.0. The summed E-state index contributed by atoms with van der Waals surface area (Å²) in [6.07, 6.45) is 3.35. The average molecular weight is 524 g/mol. The lowest BCUT2D eigenvalue weighted by Crippen LogP contribution is -2.49. The summed E-state index contributed by atoms with van der Waals surface area (Å²) in [7, 11) is 3.91. The Hall–Kier alpha value is -3.41. The first kappa shape index (κ1) is 26.2. The van der Waals surface area contributed by atoms with Gasteiger partial charge in [-0.1, -0.05) is 0 Å². The van der Waals surface area contributed by atoms with Gasteiger partial charge in [0.05, 0.1) is 35.7 Å². The van der Waals surface area contributed by atoms with Crippen molar-refractivity contribution in [1.29, 1.82) is 0 Å². The Balaban J connectivity index is 1.36. The SMILES string of the molecule is CN(C)CCNC(=O)C1(C)COC(c2nc(-c3ccc(F)cc3)c(-c3ccnc(NCC4CC4)n3)[nH]2)OC1. The Morgan fingerprint density at radius 1 is 1.16 bits per heavy atom. The molecule has 5 rings (SSSR count). The van der Waals surface area contributed by atoms with Crippen molar-refractivity contribution in [1.82, 2.24) is 30.2 Å². The Kier molecular flexibility index (Phi) is 7.68. The van der Waals surface area contributed by atoms with Crippen LogP contribution in [0.15, 0.2) is 36.5 Å². The monoisotopic (exact) mass is 523 g/mol. The lowest BCUT2D eigenvalue weighted by atomic mass is 9.91. The number of aromatic amines is 1. The molecule has 0 spiro atoms. The second-order valence-corrected chi connectivity index (χ2v) is 10.5. The van der Waals surface area contributed by atoms with Crippen molar-refractivity contribution in [3.63, 3.8) is 0 Å². The van der Waals surface area contributed by atoms with Crippen LogP contribution in [-0.2, 0) is 14.3 Å². The zero-order valence-corrected chi connectivity index (χ0v) is 22.0. The maximum Gasteiger partial charge on any atom is 0.230 e. The van der Waals surface area contributed by atoms with E-state index in [1.807, 2.05) is 25.9 Å². The van der Waals surface area contributed by atoms with E-state index in [1.54, 1.807) is 24.4 Å². The molecular formula is C27H34FN7O3. The number of hydrogen-bond donors (Lipinski definition) is 3. The van der Waals surface area contributed by atoms with E-state index >= 15 is 0 Å². The first-order valence-corrected chi connectivity index (χ1v) is 12.9. The summed E-state index contributed by atoms with van der Waals surface area (Å²) in [5.74, 6) is 1.22. The van der Waals surface area contributed by atoms with Crippen LogP contribution in [0.4, 0.5) is 10.3 Å². The first-order valence-electron chi connectivity index (χ1n) is 12.9. The van der Waals surface area contributed by atoms with Crippen LogP contribution in [0, 0.1) is 17.2 Å². The van der Waals surface area contributed by atoms with Gasteiger partial charge < -0.3 is 30.0 Å². The topological polar surface area (TPSA) is 117 Å². The summed E-state index contributed by atoms with van der Waals surface area (Å²) in [6.45, 7) is 4.31. The van der Waals surface area contributed by atoms with E-state index in [0.717, 1.165) is 18.7 Å². The number of halogens is 1. The fourth-order valence-electron chi connectivity index (χ4n) is 4.15. The molecule has 0 bridgehead atoms. The number of rotatable bonds is 10. The zero-order chi connectivity index (χ0) is 26.7. The standard InChI is InChI=1S/C27H34FN7O3/c1-27(25(36)29-12-13-35(2)3)15-37-24(38-16-27)23-33-21(18-6-8-19(28)9-7-18)22(34-23)20-10-11-30-26(32-20)31-14-17-4-5-17/h6-11,17,24H,4-5,12-16H2,1-3H3,(H,29,36)(H,33,34)(H,30,31,32). The van der Waals surface area contributed by atoms with Crippen molar-refractivity contribution in [3.8, 4) is 22.6 Å². The lowest BCUT2D eigenvalue weighted by molar-refractivity contribution is -0.231. The number of carbonyl (C=O) groups is 1. The number of anilines is 1. The molecule has 1 saturated heterocycles. The molecule has 3 aromatic rings. The molecule has 2 fully saturated rings. The maximum absolute atomic E-state index is 13.7. The molecule has 2 aliphatic rings. The van der Waals surface area contributed by atoms with Crippen LogP contribution in [0.25, 0.3) is 22.6 Å². The molecule has 38 heavy (non-hydrogen) atoms. The number of carbonyl (C=O) groups excluding carboxylic acids is 1. The van der Waals surface area contributed by atoms with Gasteiger partial charge in [-0.2, -0.15) is 0 Å². The molecule has 1 amide bonds. The second-order valence-electron chi connectivity index (χ2n) is 10.5. The van der Waals surface area contributed by atoms with Gasteiger partial charge in [0.15, 0.2) is 5.82 Å². The number of nitrogens with zero attached hydrogens (tertiary/aromatic N) is 4. The molecule has 1 aliphatic heterocycles. The number of nitrogens with one attached hydrogen (secondary N) is 3. The third-order valence-corrected chi connectivity index (χ3v) is 6.72. The molecule has 3 N–H and O–H groups in total. The van der Waals surface area contributed by atoms with Crippen LogP contribution in [-0.4, -0.2) is 77.7 Å². The number of hydrogen-bond acceptors (Lipinski definition) is 8. The summed E-state index contributed by atoms with van der Waals surface area (Å²) in [5, 5.41) is 6.25. The largest absolute Gasteiger partial charge is 0.354 e. The molecule has 1 aliphatic carbocycles. The van der Waals surface area contributed by atoms with Crippen molar-refractivity contribution in [2.75, 3.05) is 52.3 Å². The van der Waals surface area contributed by atoms with Gasteiger partial charge in [0.2, 0.25) is 18.1 Å². The summed E-state index contributed by atoms with van der Waals surface area (Å²) >= 11 is 0. The van der Waals surface area contributed by atoms with Gasteiger partial charge in [0.25, 0.3) is 0 Å². The quantitative estimate of drug-likeness (QED) is 0.371.